The first-order chi connectivity index (χ1) is 14.3. The minimum absolute atomic E-state index is 0.0572. The van der Waals surface area contributed by atoms with Crippen LogP contribution in [0.2, 0.25) is 0 Å². The van der Waals surface area contributed by atoms with E-state index in [-0.39, 0.29) is 28.8 Å². The van der Waals surface area contributed by atoms with Crippen molar-refractivity contribution >= 4 is 26.0 Å². The number of nitrogens with zero attached hydrogens (tertiary/aromatic N) is 3. The number of hydrogen-bond acceptors (Lipinski definition) is 6. The Balaban J connectivity index is 1.42. The van der Waals surface area contributed by atoms with Gasteiger partial charge in [0.05, 0.1) is 9.79 Å². The van der Waals surface area contributed by atoms with Crippen molar-refractivity contribution in [2.24, 2.45) is 0 Å². The van der Waals surface area contributed by atoms with E-state index in [0.717, 1.165) is 19.3 Å². The number of carbonyl (C=O) groups is 1. The summed E-state index contributed by atoms with van der Waals surface area (Å²) in [4.78, 5) is 14.3. The van der Waals surface area contributed by atoms with Gasteiger partial charge in [-0.25, -0.2) is 16.8 Å². The van der Waals surface area contributed by atoms with Crippen LogP contribution in [0.1, 0.15) is 25.7 Å². The molecule has 0 radical (unpaired) electrons. The van der Waals surface area contributed by atoms with E-state index in [1.807, 2.05) is 0 Å². The van der Waals surface area contributed by atoms with Crippen LogP contribution in [-0.4, -0.2) is 88.2 Å². The molecule has 0 bridgehead atoms. The van der Waals surface area contributed by atoms with Crippen molar-refractivity contribution in [2.45, 2.75) is 41.6 Å². The Bertz CT molecular complexity index is 974. The highest BCUT2D eigenvalue weighted by Crippen LogP contribution is 2.24. The predicted molar refractivity (Wildman–Crippen MR) is 109 cm³/mol. The molecule has 3 heterocycles. The van der Waals surface area contributed by atoms with E-state index in [4.69, 9.17) is 4.74 Å². The molecule has 3 aliphatic rings. The van der Waals surface area contributed by atoms with Crippen molar-refractivity contribution in [2.75, 3.05) is 45.9 Å². The highest BCUT2D eigenvalue weighted by molar-refractivity contribution is 7.89. The van der Waals surface area contributed by atoms with Crippen LogP contribution in [0.4, 0.5) is 0 Å². The largest absolute Gasteiger partial charge is 0.368 e. The minimum atomic E-state index is -3.76. The molecule has 0 N–H and O–H groups in total. The zero-order chi connectivity index (χ0) is 21.4. The number of rotatable bonds is 5. The third-order valence-corrected chi connectivity index (χ3v) is 9.75. The maximum absolute atomic E-state index is 13.0. The molecule has 0 saturated carbocycles. The van der Waals surface area contributed by atoms with Crippen LogP contribution in [0, 0.1) is 0 Å². The lowest BCUT2D eigenvalue weighted by molar-refractivity contribution is -0.142. The maximum atomic E-state index is 13.0. The lowest BCUT2D eigenvalue weighted by atomic mass is 10.2. The molecule has 0 aliphatic carbocycles. The molecule has 3 saturated heterocycles. The van der Waals surface area contributed by atoms with E-state index >= 15 is 0 Å². The quantitative estimate of drug-likeness (QED) is 0.637. The van der Waals surface area contributed by atoms with Gasteiger partial charge in [0.2, 0.25) is 20.0 Å². The molecule has 1 unspecified atom stereocenters. The molecule has 1 aromatic carbocycles. The summed E-state index contributed by atoms with van der Waals surface area (Å²) in [5, 5.41) is 0. The second-order valence-corrected chi connectivity index (χ2v) is 11.7. The molecule has 30 heavy (non-hydrogen) atoms. The van der Waals surface area contributed by atoms with Crippen molar-refractivity contribution in [3.63, 3.8) is 0 Å². The third kappa shape index (κ3) is 4.13. The molecule has 1 atom stereocenters. The van der Waals surface area contributed by atoms with E-state index in [1.165, 1.54) is 32.9 Å². The molecule has 1 amide bonds. The number of piperazine rings is 1. The average molecular weight is 458 g/mol. The summed E-state index contributed by atoms with van der Waals surface area (Å²) < 4.78 is 59.4. The fourth-order valence-corrected chi connectivity index (χ4v) is 7.07. The van der Waals surface area contributed by atoms with Gasteiger partial charge in [0.1, 0.15) is 6.10 Å². The molecule has 11 heteroatoms. The van der Waals surface area contributed by atoms with E-state index in [0.29, 0.717) is 39.2 Å². The highest BCUT2D eigenvalue weighted by Gasteiger charge is 2.34. The van der Waals surface area contributed by atoms with Crippen LogP contribution < -0.4 is 0 Å². The maximum Gasteiger partial charge on any atom is 0.251 e. The van der Waals surface area contributed by atoms with Crippen LogP contribution in [0.25, 0.3) is 0 Å². The van der Waals surface area contributed by atoms with Gasteiger partial charge in [-0.2, -0.15) is 8.61 Å². The number of carbonyl (C=O) groups excluding carboxylic acids is 1. The fourth-order valence-electron chi connectivity index (χ4n) is 4.14. The van der Waals surface area contributed by atoms with Crippen LogP contribution in [0.5, 0.6) is 0 Å². The number of sulfonamides is 2. The Morgan fingerprint density at radius 3 is 1.73 bits per heavy atom. The summed E-state index contributed by atoms with van der Waals surface area (Å²) >= 11 is 0. The van der Waals surface area contributed by atoms with Crippen molar-refractivity contribution in [3.8, 4) is 0 Å². The predicted octanol–water partition coefficient (Wildman–Crippen LogP) is 0.483. The fraction of sp³-hybridized carbons (Fsp3) is 0.632. The summed E-state index contributed by atoms with van der Waals surface area (Å²) in [6.07, 6.45) is 2.86. The Kier molecular flexibility index (Phi) is 6.18. The Morgan fingerprint density at radius 1 is 0.767 bits per heavy atom. The first-order valence-corrected chi connectivity index (χ1v) is 13.2. The van der Waals surface area contributed by atoms with E-state index in [1.54, 1.807) is 4.90 Å². The van der Waals surface area contributed by atoms with Gasteiger partial charge in [-0.1, -0.05) is 0 Å². The molecule has 0 aromatic heterocycles. The first kappa shape index (κ1) is 21.7. The summed E-state index contributed by atoms with van der Waals surface area (Å²) in [5.74, 6) is -0.0685. The molecule has 1 aromatic rings. The van der Waals surface area contributed by atoms with Crippen LogP contribution in [-0.2, 0) is 29.6 Å². The molecular formula is C19H27N3O6S2. The van der Waals surface area contributed by atoms with E-state index in [2.05, 4.69) is 0 Å². The van der Waals surface area contributed by atoms with Crippen molar-refractivity contribution in [3.05, 3.63) is 24.3 Å². The zero-order valence-corrected chi connectivity index (χ0v) is 18.4. The van der Waals surface area contributed by atoms with Crippen molar-refractivity contribution < 1.29 is 26.4 Å². The summed E-state index contributed by atoms with van der Waals surface area (Å²) in [7, 11) is -7.34. The normalized spacial score (nSPS) is 24.4. The molecule has 3 fully saturated rings. The summed E-state index contributed by atoms with van der Waals surface area (Å²) in [5.41, 5.74) is 0. The lowest BCUT2D eigenvalue weighted by Crippen LogP contribution is -2.52. The van der Waals surface area contributed by atoms with E-state index in [9.17, 15) is 21.6 Å². The molecule has 166 valence electrons. The molecule has 0 spiro atoms. The monoisotopic (exact) mass is 457 g/mol. The SMILES string of the molecule is O=C(C1CCCO1)N1CCN(S(=O)(=O)c2ccc(S(=O)(=O)N3CCCC3)cc2)CC1. The number of benzene rings is 1. The molecule has 9 nitrogen and oxygen atoms in total. The minimum Gasteiger partial charge on any atom is -0.368 e. The van der Waals surface area contributed by atoms with Gasteiger partial charge in [0.15, 0.2) is 0 Å². The van der Waals surface area contributed by atoms with Crippen LogP contribution in [0.15, 0.2) is 34.1 Å². The van der Waals surface area contributed by atoms with Gasteiger partial charge >= 0.3 is 0 Å². The summed E-state index contributed by atoms with van der Waals surface area (Å²) in [6, 6.07) is 5.42. The standard InChI is InChI=1S/C19H27N3O6S2/c23-19(18-4-3-15-28-18)20-11-13-22(14-12-20)30(26,27)17-7-5-16(6-8-17)29(24,25)21-9-1-2-10-21/h5-8,18H,1-4,9-15H2. The number of hydrogen-bond donors (Lipinski definition) is 0. The number of amides is 1. The average Bonchev–Trinajstić information content (AvgIpc) is 3.48. The van der Waals surface area contributed by atoms with E-state index < -0.39 is 26.2 Å². The summed E-state index contributed by atoms with van der Waals surface area (Å²) in [6.45, 7) is 2.63. The first-order valence-electron chi connectivity index (χ1n) is 10.3. The smallest absolute Gasteiger partial charge is 0.251 e. The molecular weight excluding hydrogens is 430 g/mol. The van der Waals surface area contributed by atoms with Crippen LogP contribution in [0.3, 0.4) is 0 Å². The third-order valence-electron chi connectivity index (χ3n) is 5.92. The van der Waals surface area contributed by atoms with Gasteiger partial charge in [0.25, 0.3) is 5.91 Å². The second-order valence-electron chi connectivity index (χ2n) is 7.81. The van der Waals surface area contributed by atoms with Gasteiger partial charge in [0, 0.05) is 45.9 Å². The second kappa shape index (κ2) is 8.54. The Morgan fingerprint density at radius 2 is 1.27 bits per heavy atom. The van der Waals surface area contributed by atoms with Gasteiger partial charge in [-0.05, 0) is 49.9 Å². The van der Waals surface area contributed by atoms with Crippen molar-refractivity contribution in [1.29, 1.82) is 0 Å². The van der Waals surface area contributed by atoms with Gasteiger partial charge in [-0.3, -0.25) is 4.79 Å². The van der Waals surface area contributed by atoms with Crippen molar-refractivity contribution in [1.82, 2.24) is 13.5 Å². The van der Waals surface area contributed by atoms with Gasteiger partial charge < -0.3 is 9.64 Å². The topological polar surface area (TPSA) is 104 Å². The lowest BCUT2D eigenvalue weighted by Gasteiger charge is -2.35. The van der Waals surface area contributed by atoms with Gasteiger partial charge in [-0.15, -0.1) is 0 Å². The molecule has 3 aliphatic heterocycles. The number of ether oxygens (including phenoxy) is 1. The molecule has 4 rings (SSSR count). The highest BCUT2D eigenvalue weighted by atomic mass is 32.2. The zero-order valence-electron chi connectivity index (χ0n) is 16.8. The Labute approximate surface area is 177 Å². The van der Waals surface area contributed by atoms with Crippen LogP contribution >= 0.6 is 0 Å². The Hall–Kier alpha value is -1.53.